The Labute approximate surface area is 175 Å². The number of fused-ring (bicyclic) bond motifs is 4. The minimum atomic E-state index is 1.01. The molecule has 2 aromatic heterocycles. The third-order valence-corrected chi connectivity index (χ3v) is 6.39. The Morgan fingerprint density at radius 2 is 1.87 bits per heavy atom. The molecule has 0 fully saturated rings. The highest BCUT2D eigenvalue weighted by molar-refractivity contribution is 5.95. The zero-order chi connectivity index (χ0) is 20.2. The Bertz CT molecular complexity index is 1410. The van der Waals surface area contributed by atoms with Gasteiger partial charge in [0.25, 0.3) is 0 Å². The van der Waals surface area contributed by atoms with Crippen LogP contribution in [-0.2, 0) is 13.0 Å². The highest BCUT2D eigenvalue weighted by Gasteiger charge is 2.23. The van der Waals surface area contributed by atoms with Crippen LogP contribution in [0.1, 0.15) is 16.8 Å². The molecular formula is C26H24N4. The summed E-state index contributed by atoms with van der Waals surface area (Å²) < 4.78 is 2.48. The first-order chi connectivity index (χ1) is 14.7. The molecular weight excluding hydrogens is 368 g/mol. The van der Waals surface area contributed by atoms with Gasteiger partial charge in [-0.15, -0.1) is 0 Å². The van der Waals surface area contributed by atoms with Gasteiger partial charge >= 0.3 is 0 Å². The maximum atomic E-state index is 4.24. The highest BCUT2D eigenvalue weighted by atomic mass is 15.1. The van der Waals surface area contributed by atoms with Crippen molar-refractivity contribution < 1.29 is 0 Å². The van der Waals surface area contributed by atoms with Crippen LogP contribution in [0.2, 0.25) is 0 Å². The van der Waals surface area contributed by atoms with Crippen LogP contribution in [0.25, 0.3) is 38.6 Å². The van der Waals surface area contributed by atoms with Crippen molar-refractivity contribution in [2.45, 2.75) is 19.9 Å². The Balaban J connectivity index is 1.59. The lowest BCUT2D eigenvalue weighted by Crippen LogP contribution is -2.27. The van der Waals surface area contributed by atoms with Gasteiger partial charge in [0.15, 0.2) is 0 Å². The minimum absolute atomic E-state index is 1.01. The summed E-state index contributed by atoms with van der Waals surface area (Å²) in [6, 6.07) is 22.1. The molecule has 3 aromatic carbocycles. The van der Waals surface area contributed by atoms with Gasteiger partial charge in [0.2, 0.25) is 0 Å². The topological polar surface area (TPSA) is 36.9 Å². The monoisotopic (exact) mass is 392 g/mol. The standard InChI is InChI=1S/C26H24N4/c1-17-9-10-25-21(13-17)23-16-29(2)12-11-26(23)30(25)19-6-3-5-18(14-19)20-7-4-8-24-22(20)15-27-28-24/h3-10,13-15H,11-12,16H2,1-2H3,(H,27,28). The first-order valence-corrected chi connectivity index (χ1v) is 10.5. The van der Waals surface area contributed by atoms with Gasteiger partial charge in [-0.2, -0.15) is 5.10 Å². The van der Waals surface area contributed by atoms with Crippen LogP contribution in [0, 0.1) is 6.92 Å². The summed E-state index contributed by atoms with van der Waals surface area (Å²) >= 11 is 0. The fourth-order valence-corrected chi connectivity index (χ4v) is 4.93. The van der Waals surface area contributed by atoms with Crippen LogP contribution in [-0.4, -0.2) is 33.3 Å². The molecule has 4 heteroatoms. The first kappa shape index (κ1) is 17.5. The van der Waals surface area contributed by atoms with E-state index >= 15 is 0 Å². The molecule has 1 aliphatic rings. The second-order valence-electron chi connectivity index (χ2n) is 8.46. The maximum absolute atomic E-state index is 4.24. The number of aromatic nitrogens is 3. The molecule has 6 rings (SSSR count). The minimum Gasteiger partial charge on any atom is -0.313 e. The zero-order valence-electron chi connectivity index (χ0n) is 17.3. The smallest absolute Gasteiger partial charge is 0.0656 e. The Hall–Kier alpha value is -3.37. The van der Waals surface area contributed by atoms with Gasteiger partial charge < -0.3 is 9.47 Å². The molecule has 0 amide bonds. The van der Waals surface area contributed by atoms with E-state index in [4.69, 9.17) is 0 Å². The average Bonchev–Trinajstić information content (AvgIpc) is 3.36. The van der Waals surface area contributed by atoms with Crippen molar-refractivity contribution in [1.82, 2.24) is 19.7 Å². The molecule has 0 aliphatic carbocycles. The normalized spacial score (nSPS) is 14.5. The van der Waals surface area contributed by atoms with Crippen molar-refractivity contribution in [3.8, 4) is 16.8 Å². The van der Waals surface area contributed by atoms with Crippen molar-refractivity contribution in [3.63, 3.8) is 0 Å². The number of hydrogen-bond donors (Lipinski definition) is 1. The summed E-state index contributed by atoms with van der Waals surface area (Å²) in [5.74, 6) is 0. The van der Waals surface area contributed by atoms with Crippen molar-refractivity contribution in [3.05, 3.63) is 83.7 Å². The van der Waals surface area contributed by atoms with Crippen LogP contribution < -0.4 is 0 Å². The number of nitrogens with zero attached hydrogens (tertiary/aromatic N) is 3. The number of likely N-dealkylation sites (N-methyl/N-ethyl adjacent to an activating group) is 1. The predicted octanol–water partition coefficient (Wildman–Crippen LogP) is 5.47. The quantitative estimate of drug-likeness (QED) is 0.432. The lowest BCUT2D eigenvalue weighted by Gasteiger charge is -2.24. The zero-order valence-corrected chi connectivity index (χ0v) is 17.3. The lowest BCUT2D eigenvalue weighted by atomic mass is 10.0. The molecule has 4 nitrogen and oxygen atoms in total. The van der Waals surface area contributed by atoms with E-state index in [0.29, 0.717) is 0 Å². The molecule has 1 aliphatic heterocycles. The van der Waals surface area contributed by atoms with E-state index in [1.807, 2.05) is 6.20 Å². The molecule has 3 heterocycles. The molecule has 0 saturated heterocycles. The molecule has 0 saturated carbocycles. The molecule has 1 N–H and O–H groups in total. The maximum Gasteiger partial charge on any atom is 0.0656 e. The summed E-state index contributed by atoms with van der Waals surface area (Å²) in [7, 11) is 2.22. The van der Waals surface area contributed by atoms with Crippen LogP contribution >= 0.6 is 0 Å². The Morgan fingerprint density at radius 1 is 0.967 bits per heavy atom. The largest absolute Gasteiger partial charge is 0.313 e. The van der Waals surface area contributed by atoms with Gasteiger partial charge in [-0.3, -0.25) is 5.10 Å². The number of rotatable bonds is 2. The van der Waals surface area contributed by atoms with E-state index in [9.17, 15) is 0 Å². The van der Waals surface area contributed by atoms with Crippen LogP contribution in [0.15, 0.2) is 66.9 Å². The van der Waals surface area contributed by atoms with E-state index in [1.165, 1.54) is 44.5 Å². The molecule has 0 radical (unpaired) electrons. The van der Waals surface area contributed by atoms with Crippen molar-refractivity contribution >= 4 is 21.8 Å². The van der Waals surface area contributed by atoms with Crippen LogP contribution in [0.3, 0.4) is 0 Å². The number of hydrogen-bond acceptors (Lipinski definition) is 2. The summed E-state index contributed by atoms with van der Waals surface area (Å²) in [4.78, 5) is 2.42. The second kappa shape index (κ2) is 6.57. The molecule has 5 aromatic rings. The summed E-state index contributed by atoms with van der Waals surface area (Å²) in [5, 5.41) is 9.87. The fourth-order valence-electron chi connectivity index (χ4n) is 4.93. The summed E-state index contributed by atoms with van der Waals surface area (Å²) in [6.45, 7) is 4.29. The third-order valence-electron chi connectivity index (χ3n) is 6.39. The summed E-state index contributed by atoms with van der Waals surface area (Å²) in [6.07, 6.45) is 2.99. The third kappa shape index (κ3) is 2.61. The molecule has 0 bridgehead atoms. The number of nitrogens with one attached hydrogen (secondary N) is 1. The molecule has 0 unspecified atom stereocenters. The molecule has 148 valence electrons. The number of aromatic amines is 1. The van der Waals surface area contributed by atoms with Crippen molar-refractivity contribution in [1.29, 1.82) is 0 Å². The number of benzene rings is 3. The van der Waals surface area contributed by atoms with Gasteiger partial charge in [-0.05, 0) is 61.0 Å². The van der Waals surface area contributed by atoms with E-state index < -0.39 is 0 Å². The van der Waals surface area contributed by atoms with E-state index in [-0.39, 0.29) is 0 Å². The van der Waals surface area contributed by atoms with Crippen LogP contribution in [0.5, 0.6) is 0 Å². The highest BCUT2D eigenvalue weighted by Crippen LogP contribution is 2.35. The number of H-pyrrole nitrogens is 1. The predicted molar refractivity (Wildman–Crippen MR) is 123 cm³/mol. The molecule has 30 heavy (non-hydrogen) atoms. The Kier molecular flexibility index (Phi) is 3.83. The van der Waals surface area contributed by atoms with Gasteiger partial charge in [-0.25, -0.2) is 0 Å². The van der Waals surface area contributed by atoms with Gasteiger partial charge in [0, 0.05) is 41.7 Å². The first-order valence-electron chi connectivity index (χ1n) is 10.5. The van der Waals surface area contributed by atoms with Gasteiger partial charge in [0.05, 0.1) is 17.2 Å². The average molecular weight is 393 g/mol. The number of aryl methyl sites for hydroxylation is 1. The van der Waals surface area contributed by atoms with Gasteiger partial charge in [-0.1, -0.05) is 35.9 Å². The Morgan fingerprint density at radius 3 is 2.80 bits per heavy atom. The van der Waals surface area contributed by atoms with E-state index in [1.54, 1.807) is 0 Å². The lowest BCUT2D eigenvalue weighted by molar-refractivity contribution is 0.311. The van der Waals surface area contributed by atoms with Crippen molar-refractivity contribution in [2.75, 3.05) is 13.6 Å². The fraction of sp³-hybridized carbons (Fsp3) is 0.192. The molecule has 0 spiro atoms. The van der Waals surface area contributed by atoms with E-state index in [2.05, 4.69) is 94.3 Å². The van der Waals surface area contributed by atoms with Crippen molar-refractivity contribution in [2.24, 2.45) is 0 Å². The van der Waals surface area contributed by atoms with E-state index in [0.717, 1.165) is 30.4 Å². The second-order valence-corrected chi connectivity index (χ2v) is 8.46. The van der Waals surface area contributed by atoms with Gasteiger partial charge in [0.1, 0.15) is 0 Å². The van der Waals surface area contributed by atoms with Crippen LogP contribution in [0.4, 0.5) is 0 Å². The molecule has 0 atom stereocenters. The summed E-state index contributed by atoms with van der Waals surface area (Å²) in [5.41, 5.74) is 10.3. The SMILES string of the molecule is Cc1ccc2c(c1)c1c(n2-c2cccc(-c3cccc4[nH]ncc34)c2)CCN(C)C1.